The van der Waals surface area contributed by atoms with Gasteiger partial charge in [-0.3, -0.25) is 9.59 Å². The van der Waals surface area contributed by atoms with Crippen LogP contribution in [0.25, 0.3) is 11.5 Å². The van der Waals surface area contributed by atoms with Crippen molar-refractivity contribution < 1.29 is 14.1 Å². The Labute approximate surface area is 152 Å². The fraction of sp³-hybridized carbons (Fsp3) is 0.375. The number of nitrogens with two attached hydrogens (primary N) is 1. The highest BCUT2D eigenvalue weighted by molar-refractivity contribution is 5.85. The van der Waals surface area contributed by atoms with E-state index in [-0.39, 0.29) is 37.3 Å². The van der Waals surface area contributed by atoms with Gasteiger partial charge in [-0.05, 0) is 24.1 Å². The molecule has 2 rings (SSSR count). The van der Waals surface area contributed by atoms with E-state index in [1.54, 1.807) is 0 Å². The summed E-state index contributed by atoms with van der Waals surface area (Å²) < 4.78 is 5.19. The van der Waals surface area contributed by atoms with E-state index in [9.17, 15) is 9.59 Å². The molecular weight excluding hydrogens is 346 g/mol. The van der Waals surface area contributed by atoms with Gasteiger partial charge in [0.1, 0.15) is 0 Å². The summed E-state index contributed by atoms with van der Waals surface area (Å²) in [5.74, 6) is 0.584. The maximum Gasteiger partial charge on any atom is 0.257 e. The maximum absolute atomic E-state index is 11.5. The highest BCUT2D eigenvalue weighted by Crippen LogP contribution is 2.18. The molecule has 2 aromatic rings. The molecule has 0 atom stereocenters. The van der Waals surface area contributed by atoms with Crippen molar-refractivity contribution in [3.63, 3.8) is 0 Å². The number of nitrogens with one attached hydrogen (secondary N) is 2. The molecule has 0 spiro atoms. The van der Waals surface area contributed by atoms with Gasteiger partial charge in [0, 0.05) is 18.5 Å². The normalized spacial score (nSPS) is 10.0. The minimum atomic E-state index is -0.354. The fourth-order valence-electron chi connectivity index (χ4n) is 1.99. The number of carbonyl (C=O) groups excluding carboxylic acids is 2. The molecule has 0 saturated carbocycles. The van der Waals surface area contributed by atoms with Gasteiger partial charge >= 0.3 is 0 Å². The Bertz CT molecular complexity index is 687. The van der Waals surface area contributed by atoms with Crippen LogP contribution in [0.4, 0.5) is 0 Å². The van der Waals surface area contributed by atoms with E-state index in [0.29, 0.717) is 24.7 Å². The Hall–Kier alpha value is -2.45. The Morgan fingerprint density at radius 3 is 2.48 bits per heavy atom. The SMILES string of the molecule is CCc1noc(-c2ccc(CCNC(=O)CNC(=O)CN)cc2)n1.Cl. The zero-order valence-electron chi connectivity index (χ0n) is 13.9. The van der Waals surface area contributed by atoms with Gasteiger partial charge in [0.05, 0.1) is 13.1 Å². The van der Waals surface area contributed by atoms with Gasteiger partial charge in [-0.15, -0.1) is 12.4 Å². The molecule has 9 heteroatoms. The van der Waals surface area contributed by atoms with Gasteiger partial charge in [0.2, 0.25) is 11.8 Å². The van der Waals surface area contributed by atoms with Crippen molar-refractivity contribution >= 4 is 24.2 Å². The van der Waals surface area contributed by atoms with Gasteiger partial charge in [0.15, 0.2) is 5.82 Å². The lowest BCUT2D eigenvalue weighted by Gasteiger charge is -2.06. The third-order valence-corrected chi connectivity index (χ3v) is 3.35. The van der Waals surface area contributed by atoms with Crippen LogP contribution in [0.1, 0.15) is 18.3 Å². The number of nitrogens with zero attached hydrogens (tertiary/aromatic N) is 2. The summed E-state index contributed by atoms with van der Waals surface area (Å²) >= 11 is 0. The van der Waals surface area contributed by atoms with Crippen molar-refractivity contribution in [1.82, 2.24) is 20.8 Å². The average molecular weight is 368 g/mol. The summed E-state index contributed by atoms with van der Waals surface area (Å²) in [6.07, 6.45) is 1.41. The van der Waals surface area contributed by atoms with E-state index in [0.717, 1.165) is 17.5 Å². The molecule has 0 bridgehead atoms. The van der Waals surface area contributed by atoms with Crippen LogP contribution in [0.5, 0.6) is 0 Å². The molecule has 0 radical (unpaired) electrons. The van der Waals surface area contributed by atoms with Crippen LogP contribution in [0.15, 0.2) is 28.8 Å². The van der Waals surface area contributed by atoms with Gasteiger partial charge in [-0.1, -0.05) is 24.2 Å². The molecule has 0 aliphatic heterocycles. The molecule has 1 aromatic carbocycles. The summed E-state index contributed by atoms with van der Waals surface area (Å²) in [6.45, 7) is 2.26. The molecule has 0 fully saturated rings. The predicted molar refractivity (Wildman–Crippen MR) is 95.1 cm³/mol. The van der Waals surface area contributed by atoms with E-state index in [4.69, 9.17) is 10.3 Å². The van der Waals surface area contributed by atoms with Crippen LogP contribution < -0.4 is 16.4 Å². The standard InChI is InChI=1S/C16H21N5O3.ClH/c1-2-13-20-16(24-21-13)12-5-3-11(4-6-12)7-8-18-15(23)10-19-14(22)9-17;/h3-6H,2,7-10,17H2,1H3,(H,18,23)(H,19,22);1H. The third-order valence-electron chi connectivity index (χ3n) is 3.35. The number of aromatic nitrogens is 2. The van der Waals surface area contributed by atoms with Crippen molar-refractivity contribution in [3.8, 4) is 11.5 Å². The number of aryl methyl sites for hydroxylation is 1. The highest BCUT2D eigenvalue weighted by atomic mass is 35.5. The largest absolute Gasteiger partial charge is 0.354 e. The Balaban J connectivity index is 0.00000312. The molecule has 0 aliphatic carbocycles. The van der Waals surface area contributed by atoms with E-state index < -0.39 is 0 Å². The van der Waals surface area contributed by atoms with Gasteiger partial charge in [0.25, 0.3) is 5.89 Å². The quantitative estimate of drug-likeness (QED) is 0.622. The smallest absolute Gasteiger partial charge is 0.257 e. The van der Waals surface area contributed by atoms with E-state index in [1.807, 2.05) is 31.2 Å². The Kier molecular flexibility index (Phi) is 8.59. The number of hydrogen-bond donors (Lipinski definition) is 3. The molecule has 136 valence electrons. The first-order chi connectivity index (χ1) is 11.6. The van der Waals surface area contributed by atoms with Crippen molar-refractivity contribution in [2.75, 3.05) is 19.6 Å². The molecule has 1 heterocycles. The second-order valence-corrected chi connectivity index (χ2v) is 5.15. The van der Waals surface area contributed by atoms with Crippen molar-refractivity contribution in [2.45, 2.75) is 19.8 Å². The fourth-order valence-corrected chi connectivity index (χ4v) is 1.99. The zero-order valence-corrected chi connectivity index (χ0v) is 14.8. The summed E-state index contributed by atoms with van der Waals surface area (Å²) in [4.78, 5) is 26.8. The molecule has 0 aliphatic rings. The minimum Gasteiger partial charge on any atom is -0.354 e. The molecule has 0 saturated heterocycles. The maximum atomic E-state index is 11.5. The molecule has 8 nitrogen and oxygen atoms in total. The molecule has 4 N–H and O–H groups in total. The van der Waals surface area contributed by atoms with Gasteiger partial charge in [-0.2, -0.15) is 4.98 Å². The van der Waals surface area contributed by atoms with Crippen LogP contribution >= 0.6 is 12.4 Å². The Morgan fingerprint density at radius 2 is 1.88 bits per heavy atom. The lowest BCUT2D eigenvalue weighted by Crippen LogP contribution is -2.40. The van der Waals surface area contributed by atoms with Gasteiger partial charge < -0.3 is 20.9 Å². The summed E-state index contributed by atoms with van der Waals surface area (Å²) in [5.41, 5.74) is 7.07. The number of rotatable bonds is 8. The first kappa shape index (κ1) is 20.6. The second-order valence-electron chi connectivity index (χ2n) is 5.15. The van der Waals surface area contributed by atoms with Gasteiger partial charge in [-0.25, -0.2) is 0 Å². The molecular formula is C16H22ClN5O3. The predicted octanol–water partition coefficient (Wildman–Crippen LogP) is 0.454. The molecule has 0 unspecified atom stereocenters. The third kappa shape index (κ3) is 6.52. The van der Waals surface area contributed by atoms with E-state index >= 15 is 0 Å². The zero-order chi connectivity index (χ0) is 17.4. The summed E-state index contributed by atoms with van der Waals surface area (Å²) in [5, 5.41) is 9.01. The first-order valence-corrected chi connectivity index (χ1v) is 7.77. The number of benzene rings is 1. The average Bonchev–Trinajstić information content (AvgIpc) is 3.09. The van der Waals surface area contributed by atoms with Crippen molar-refractivity contribution in [1.29, 1.82) is 0 Å². The van der Waals surface area contributed by atoms with Crippen LogP contribution in [0.2, 0.25) is 0 Å². The van der Waals surface area contributed by atoms with Crippen LogP contribution in [-0.4, -0.2) is 41.6 Å². The lowest BCUT2D eigenvalue weighted by molar-refractivity contribution is -0.125. The first-order valence-electron chi connectivity index (χ1n) is 7.77. The summed E-state index contributed by atoms with van der Waals surface area (Å²) in [7, 11) is 0. The minimum absolute atomic E-state index is 0. The van der Waals surface area contributed by atoms with E-state index in [1.165, 1.54) is 0 Å². The molecule has 1 aromatic heterocycles. The summed E-state index contributed by atoms with van der Waals surface area (Å²) in [6, 6.07) is 7.72. The lowest BCUT2D eigenvalue weighted by atomic mass is 10.1. The molecule has 2 amide bonds. The van der Waals surface area contributed by atoms with Crippen molar-refractivity contribution in [3.05, 3.63) is 35.7 Å². The number of amides is 2. The van der Waals surface area contributed by atoms with Crippen LogP contribution in [-0.2, 0) is 22.4 Å². The molecule has 25 heavy (non-hydrogen) atoms. The topological polar surface area (TPSA) is 123 Å². The highest BCUT2D eigenvalue weighted by Gasteiger charge is 2.07. The van der Waals surface area contributed by atoms with Crippen LogP contribution in [0.3, 0.4) is 0 Å². The van der Waals surface area contributed by atoms with E-state index in [2.05, 4.69) is 20.8 Å². The van der Waals surface area contributed by atoms with Crippen LogP contribution in [0, 0.1) is 0 Å². The number of hydrogen-bond acceptors (Lipinski definition) is 6. The monoisotopic (exact) mass is 367 g/mol. The Morgan fingerprint density at radius 1 is 1.16 bits per heavy atom. The number of halogens is 1. The second kappa shape index (κ2) is 10.4. The van der Waals surface area contributed by atoms with Crippen molar-refractivity contribution in [2.24, 2.45) is 5.73 Å². The number of carbonyl (C=O) groups is 2.